The van der Waals surface area contributed by atoms with Gasteiger partial charge >= 0.3 is 0 Å². The quantitative estimate of drug-likeness (QED) is 0.887. The van der Waals surface area contributed by atoms with Crippen molar-refractivity contribution in [2.75, 3.05) is 6.54 Å². The third-order valence-corrected chi connectivity index (χ3v) is 3.46. The summed E-state index contributed by atoms with van der Waals surface area (Å²) < 4.78 is 5.27. The highest BCUT2D eigenvalue weighted by Gasteiger charge is 2.10. The molecular weight excluding hydrogens is 234 g/mol. The number of aryl methyl sites for hydroxylation is 1. The van der Waals surface area contributed by atoms with Crippen LogP contribution in [-0.4, -0.2) is 22.8 Å². The molecule has 0 bridgehead atoms. The van der Waals surface area contributed by atoms with Crippen LogP contribution >= 0.6 is 11.3 Å². The van der Waals surface area contributed by atoms with E-state index in [0.29, 0.717) is 6.04 Å². The van der Waals surface area contributed by atoms with Crippen LogP contribution in [0.15, 0.2) is 16.7 Å². The van der Waals surface area contributed by atoms with Crippen LogP contribution in [-0.2, 0) is 6.42 Å². The van der Waals surface area contributed by atoms with E-state index in [4.69, 9.17) is 4.42 Å². The second-order valence-electron chi connectivity index (χ2n) is 4.25. The maximum Gasteiger partial charge on any atom is 0.151 e. The number of rotatable bonds is 5. The summed E-state index contributed by atoms with van der Waals surface area (Å²) in [5.74, 6) is 0.896. The van der Waals surface area contributed by atoms with Gasteiger partial charge in [0, 0.05) is 19.0 Å². The van der Waals surface area contributed by atoms with Crippen LogP contribution in [0.25, 0.3) is 10.6 Å². The fourth-order valence-electron chi connectivity index (χ4n) is 1.54. The van der Waals surface area contributed by atoms with E-state index in [1.807, 2.05) is 13.0 Å². The number of nitrogens with zero attached hydrogens (tertiary/aromatic N) is 2. The minimum absolute atomic E-state index is 0.513. The van der Waals surface area contributed by atoms with Crippen LogP contribution < -0.4 is 5.32 Å². The van der Waals surface area contributed by atoms with Crippen molar-refractivity contribution in [1.82, 2.24) is 15.5 Å². The Hall–Kier alpha value is -1.20. The fraction of sp³-hybridized carbons (Fsp3) is 0.500. The molecule has 0 aromatic carbocycles. The molecule has 2 aromatic heterocycles. The van der Waals surface area contributed by atoms with Gasteiger partial charge in [0.15, 0.2) is 5.01 Å². The van der Waals surface area contributed by atoms with Crippen LogP contribution in [0.2, 0.25) is 0 Å². The summed E-state index contributed by atoms with van der Waals surface area (Å²) in [6, 6.07) is 2.45. The summed E-state index contributed by atoms with van der Waals surface area (Å²) in [5, 5.41) is 13.8. The molecule has 0 spiro atoms. The Bertz CT molecular complexity index is 476. The van der Waals surface area contributed by atoms with Crippen molar-refractivity contribution < 1.29 is 4.42 Å². The van der Waals surface area contributed by atoms with Gasteiger partial charge in [-0.25, -0.2) is 0 Å². The first-order chi connectivity index (χ1) is 8.16. The van der Waals surface area contributed by atoms with Crippen molar-refractivity contribution in [2.45, 2.75) is 33.2 Å². The summed E-state index contributed by atoms with van der Waals surface area (Å²) in [4.78, 5) is 0. The average Bonchev–Trinajstić information content (AvgIpc) is 2.86. The lowest BCUT2D eigenvalue weighted by Gasteiger charge is -2.04. The van der Waals surface area contributed by atoms with Gasteiger partial charge in [-0.05, 0) is 13.0 Å². The molecule has 0 saturated heterocycles. The zero-order valence-corrected chi connectivity index (χ0v) is 11.2. The Morgan fingerprint density at radius 1 is 1.41 bits per heavy atom. The van der Waals surface area contributed by atoms with E-state index < -0.39 is 0 Å². The molecule has 0 aliphatic rings. The third-order valence-electron chi connectivity index (χ3n) is 2.45. The van der Waals surface area contributed by atoms with E-state index in [-0.39, 0.29) is 0 Å². The Labute approximate surface area is 105 Å². The van der Waals surface area contributed by atoms with Gasteiger partial charge in [-0.1, -0.05) is 25.2 Å². The molecule has 1 N–H and O–H groups in total. The van der Waals surface area contributed by atoms with E-state index in [0.717, 1.165) is 34.3 Å². The van der Waals surface area contributed by atoms with Gasteiger partial charge in [-0.2, -0.15) is 0 Å². The predicted molar refractivity (Wildman–Crippen MR) is 69.2 cm³/mol. The zero-order chi connectivity index (χ0) is 12.3. The molecule has 5 heteroatoms. The van der Waals surface area contributed by atoms with Crippen molar-refractivity contribution in [3.63, 3.8) is 0 Å². The van der Waals surface area contributed by atoms with Crippen LogP contribution in [0.4, 0.5) is 0 Å². The van der Waals surface area contributed by atoms with E-state index >= 15 is 0 Å². The van der Waals surface area contributed by atoms with Crippen LogP contribution in [0.3, 0.4) is 0 Å². The fourth-order valence-corrected chi connectivity index (χ4v) is 2.45. The number of hydrogen-bond donors (Lipinski definition) is 1. The Balaban J connectivity index is 1.99. The van der Waals surface area contributed by atoms with E-state index in [1.165, 1.54) is 0 Å². The minimum Gasteiger partial charge on any atom is -0.469 e. The lowest BCUT2D eigenvalue weighted by atomic mass is 10.3. The molecule has 0 aliphatic heterocycles. The molecule has 2 heterocycles. The SMILES string of the molecule is Cc1occc1-c1nnc(CCNC(C)C)s1. The van der Waals surface area contributed by atoms with Crippen LogP contribution in [0.5, 0.6) is 0 Å². The molecule has 92 valence electrons. The number of furan rings is 1. The largest absolute Gasteiger partial charge is 0.469 e. The van der Waals surface area contributed by atoms with Crippen molar-refractivity contribution in [3.8, 4) is 10.6 Å². The van der Waals surface area contributed by atoms with E-state index in [9.17, 15) is 0 Å². The molecule has 0 fully saturated rings. The highest BCUT2D eigenvalue weighted by molar-refractivity contribution is 7.14. The molecule has 0 unspecified atom stereocenters. The summed E-state index contributed by atoms with van der Waals surface area (Å²) in [6.07, 6.45) is 2.61. The number of aromatic nitrogens is 2. The first-order valence-electron chi connectivity index (χ1n) is 5.77. The predicted octanol–water partition coefficient (Wildman–Crippen LogP) is 2.65. The summed E-state index contributed by atoms with van der Waals surface area (Å²) in [7, 11) is 0. The molecular formula is C12H17N3OS. The lowest BCUT2D eigenvalue weighted by molar-refractivity contribution is 0.535. The highest BCUT2D eigenvalue weighted by atomic mass is 32.1. The topological polar surface area (TPSA) is 51.0 Å². The molecule has 0 saturated carbocycles. The normalized spacial score (nSPS) is 11.3. The van der Waals surface area contributed by atoms with E-state index in [1.54, 1.807) is 17.6 Å². The van der Waals surface area contributed by atoms with Crippen LogP contribution in [0.1, 0.15) is 24.6 Å². The van der Waals surface area contributed by atoms with Crippen molar-refractivity contribution in [3.05, 3.63) is 23.1 Å². The maximum absolute atomic E-state index is 5.27. The molecule has 17 heavy (non-hydrogen) atoms. The van der Waals surface area contributed by atoms with Crippen molar-refractivity contribution >= 4 is 11.3 Å². The van der Waals surface area contributed by atoms with Gasteiger partial charge in [0.2, 0.25) is 0 Å². The van der Waals surface area contributed by atoms with E-state index in [2.05, 4.69) is 29.4 Å². The molecule has 4 nitrogen and oxygen atoms in total. The van der Waals surface area contributed by atoms with Gasteiger partial charge < -0.3 is 9.73 Å². The minimum atomic E-state index is 0.513. The molecule has 0 atom stereocenters. The van der Waals surface area contributed by atoms with Crippen molar-refractivity contribution in [1.29, 1.82) is 0 Å². The summed E-state index contributed by atoms with van der Waals surface area (Å²) in [6.45, 7) is 7.16. The summed E-state index contributed by atoms with van der Waals surface area (Å²) >= 11 is 1.63. The average molecular weight is 251 g/mol. The van der Waals surface area contributed by atoms with Gasteiger partial charge in [0.05, 0.1) is 11.8 Å². The highest BCUT2D eigenvalue weighted by Crippen LogP contribution is 2.27. The molecule has 2 rings (SSSR count). The second-order valence-corrected chi connectivity index (χ2v) is 5.31. The Morgan fingerprint density at radius 3 is 2.88 bits per heavy atom. The van der Waals surface area contributed by atoms with Crippen LogP contribution in [0, 0.1) is 6.92 Å². The molecule has 2 aromatic rings. The van der Waals surface area contributed by atoms with Gasteiger partial charge in [-0.15, -0.1) is 10.2 Å². The Kier molecular flexibility index (Phi) is 3.91. The standard InChI is InChI=1S/C12H17N3OS/c1-8(2)13-6-4-11-14-15-12(17-11)10-5-7-16-9(10)3/h5,7-8,13H,4,6H2,1-3H3. The first kappa shape index (κ1) is 12.3. The van der Waals surface area contributed by atoms with Crippen molar-refractivity contribution in [2.24, 2.45) is 0 Å². The van der Waals surface area contributed by atoms with Gasteiger partial charge in [-0.3, -0.25) is 0 Å². The maximum atomic E-state index is 5.27. The first-order valence-corrected chi connectivity index (χ1v) is 6.58. The third kappa shape index (κ3) is 3.14. The molecule has 0 aliphatic carbocycles. The lowest BCUT2D eigenvalue weighted by Crippen LogP contribution is -2.24. The second kappa shape index (κ2) is 5.42. The number of hydrogen-bond acceptors (Lipinski definition) is 5. The molecule has 0 radical (unpaired) electrons. The summed E-state index contributed by atoms with van der Waals surface area (Å²) in [5.41, 5.74) is 1.05. The van der Waals surface area contributed by atoms with Gasteiger partial charge in [0.1, 0.15) is 10.8 Å². The zero-order valence-electron chi connectivity index (χ0n) is 10.4. The van der Waals surface area contributed by atoms with Gasteiger partial charge in [0.25, 0.3) is 0 Å². The monoisotopic (exact) mass is 251 g/mol. The smallest absolute Gasteiger partial charge is 0.151 e. The number of nitrogens with one attached hydrogen (secondary N) is 1. The Morgan fingerprint density at radius 2 is 2.24 bits per heavy atom. The molecule has 0 amide bonds.